The fourth-order valence-corrected chi connectivity index (χ4v) is 4.03. The number of aliphatic hydroxyl groups is 1. The lowest BCUT2D eigenvalue weighted by molar-refractivity contribution is -0.0795. The fraction of sp³-hybridized carbons (Fsp3) is 0.316. The molecule has 3 aromatic rings. The van der Waals surface area contributed by atoms with Crippen LogP contribution in [0.2, 0.25) is 5.02 Å². The van der Waals surface area contributed by atoms with E-state index in [0.29, 0.717) is 39.1 Å². The van der Waals surface area contributed by atoms with Crippen molar-refractivity contribution in [1.82, 2.24) is 20.3 Å². The molecule has 29 heavy (non-hydrogen) atoms. The van der Waals surface area contributed by atoms with Crippen molar-refractivity contribution in [3.05, 3.63) is 51.3 Å². The van der Waals surface area contributed by atoms with Crippen molar-refractivity contribution in [2.75, 3.05) is 5.32 Å². The number of nitrogens with zero attached hydrogens (tertiary/aromatic N) is 3. The lowest BCUT2D eigenvalue weighted by atomic mass is 9.88. The van der Waals surface area contributed by atoms with E-state index >= 15 is 0 Å². The molecular formula is C19H17BrClF2N5O. The third kappa shape index (κ3) is 4.18. The number of nitrogens with one attached hydrogen (secondary N) is 2. The molecule has 0 bridgehead atoms. The van der Waals surface area contributed by atoms with Crippen LogP contribution in [-0.4, -0.2) is 31.8 Å². The highest BCUT2D eigenvalue weighted by Gasteiger charge is 2.39. The van der Waals surface area contributed by atoms with Gasteiger partial charge in [-0.25, -0.2) is 18.7 Å². The van der Waals surface area contributed by atoms with E-state index < -0.39 is 18.0 Å². The van der Waals surface area contributed by atoms with Gasteiger partial charge in [-0.15, -0.1) is 0 Å². The lowest BCUT2D eigenvalue weighted by Crippen LogP contribution is -2.63. The average molecular weight is 485 g/mol. The number of pyridine rings is 1. The first-order valence-electron chi connectivity index (χ1n) is 8.90. The van der Waals surface area contributed by atoms with E-state index in [-0.39, 0.29) is 17.4 Å². The van der Waals surface area contributed by atoms with Crippen molar-refractivity contribution in [3.8, 4) is 0 Å². The molecule has 1 aromatic carbocycles. The molecule has 3 heterocycles. The van der Waals surface area contributed by atoms with Crippen molar-refractivity contribution in [2.24, 2.45) is 0 Å². The Balaban J connectivity index is 1.74. The average Bonchev–Trinajstić information content (AvgIpc) is 2.63. The molecule has 1 aliphatic heterocycles. The third-order valence-electron chi connectivity index (χ3n) is 4.67. The predicted octanol–water partition coefficient (Wildman–Crippen LogP) is 4.73. The minimum Gasteiger partial charge on any atom is -0.375 e. The summed E-state index contributed by atoms with van der Waals surface area (Å²) in [5, 5.41) is 16.8. The van der Waals surface area contributed by atoms with Crippen molar-refractivity contribution in [3.63, 3.8) is 0 Å². The first kappa shape index (κ1) is 20.3. The Hall–Kier alpha value is -1.94. The van der Waals surface area contributed by atoms with Crippen LogP contribution in [0.1, 0.15) is 31.2 Å². The van der Waals surface area contributed by atoms with Crippen molar-refractivity contribution in [1.29, 1.82) is 0 Å². The van der Waals surface area contributed by atoms with E-state index in [4.69, 9.17) is 11.6 Å². The Morgan fingerprint density at radius 3 is 2.86 bits per heavy atom. The largest absolute Gasteiger partial charge is 0.375 e. The summed E-state index contributed by atoms with van der Waals surface area (Å²) in [6.07, 6.45) is -0.357. The normalized spacial score (nSPS) is 21.4. The highest BCUT2D eigenvalue weighted by atomic mass is 79.9. The number of fused-ring (bicyclic) bond motifs is 1. The standard InChI is InChI=1S/C19H17BrClF2N5O/c1-9-6-19(29,28-9)7-10-5-13-15(24-8-10)17(27-18(26-13)16(22)23)25-12-4-2-3-11(20)14(12)21/h2-5,8-9,16,28-29H,6-7H2,1H3,(H,25,26,27). The van der Waals surface area contributed by atoms with Gasteiger partial charge in [0.15, 0.2) is 11.6 Å². The molecule has 0 amide bonds. The minimum absolute atomic E-state index is 0.131. The van der Waals surface area contributed by atoms with Crippen LogP contribution in [0.4, 0.5) is 20.3 Å². The van der Waals surface area contributed by atoms with Crippen LogP contribution < -0.4 is 10.6 Å². The van der Waals surface area contributed by atoms with Crippen LogP contribution in [0.25, 0.3) is 11.0 Å². The first-order chi connectivity index (χ1) is 13.7. The summed E-state index contributed by atoms with van der Waals surface area (Å²) in [4.78, 5) is 12.3. The number of hydrogen-bond donors (Lipinski definition) is 3. The smallest absolute Gasteiger partial charge is 0.297 e. The van der Waals surface area contributed by atoms with Gasteiger partial charge in [0.1, 0.15) is 11.2 Å². The summed E-state index contributed by atoms with van der Waals surface area (Å²) in [5.74, 6) is -0.481. The van der Waals surface area contributed by atoms with E-state index in [1.54, 1.807) is 30.5 Å². The summed E-state index contributed by atoms with van der Waals surface area (Å²) in [6.45, 7) is 1.97. The summed E-state index contributed by atoms with van der Waals surface area (Å²) in [6, 6.07) is 7.10. The molecule has 4 rings (SSSR count). The molecule has 152 valence electrons. The Morgan fingerprint density at radius 1 is 1.41 bits per heavy atom. The Morgan fingerprint density at radius 2 is 2.17 bits per heavy atom. The van der Waals surface area contributed by atoms with E-state index in [9.17, 15) is 13.9 Å². The summed E-state index contributed by atoms with van der Waals surface area (Å²) in [5.41, 5.74) is 0.755. The maximum Gasteiger partial charge on any atom is 0.297 e. The zero-order chi connectivity index (χ0) is 20.8. The van der Waals surface area contributed by atoms with Crippen LogP contribution in [0.3, 0.4) is 0 Å². The summed E-state index contributed by atoms with van der Waals surface area (Å²) in [7, 11) is 0. The van der Waals surface area contributed by atoms with Gasteiger partial charge >= 0.3 is 0 Å². The molecule has 0 spiro atoms. The van der Waals surface area contributed by atoms with Crippen LogP contribution in [0.15, 0.2) is 34.9 Å². The second kappa shape index (κ2) is 7.71. The fourth-order valence-electron chi connectivity index (χ4n) is 3.49. The van der Waals surface area contributed by atoms with Gasteiger partial charge < -0.3 is 10.4 Å². The maximum atomic E-state index is 13.4. The SMILES string of the molecule is CC1CC(O)(Cc2cnc3c(Nc4cccc(Br)c4Cl)nc(C(F)F)nc3c2)N1. The zero-order valence-electron chi connectivity index (χ0n) is 15.3. The molecular weight excluding hydrogens is 468 g/mol. The Bertz CT molecular complexity index is 1080. The van der Waals surface area contributed by atoms with Crippen LogP contribution in [0, 0.1) is 0 Å². The number of rotatable bonds is 5. The van der Waals surface area contributed by atoms with Gasteiger partial charge in [0.05, 0.1) is 16.2 Å². The van der Waals surface area contributed by atoms with Crippen molar-refractivity contribution >= 4 is 50.1 Å². The topological polar surface area (TPSA) is 83.0 Å². The van der Waals surface area contributed by atoms with Crippen LogP contribution in [-0.2, 0) is 6.42 Å². The molecule has 6 nitrogen and oxygen atoms in total. The van der Waals surface area contributed by atoms with Gasteiger partial charge in [-0.3, -0.25) is 10.3 Å². The third-order valence-corrected chi connectivity index (χ3v) is 5.96. The van der Waals surface area contributed by atoms with Gasteiger partial charge in [0.25, 0.3) is 6.43 Å². The molecule has 1 fully saturated rings. The quantitative estimate of drug-likeness (QED) is 0.485. The van der Waals surface area contributed by atoms with Crippen LogP contribution >= 0.6 is 27.5 Å². The zero-order valence-corrected chi connectivity index (χ0v) is 17.6. The number of hydrogen-bond acceptors (Lipinski definition) is 6. The predicted molar refractivity (Wildman–Crippen MR) is 111 cm³/mol. The van der Waals surface area contributed by atoms with Gasteiger partial charge in [-0.2, -0.15) is 0 Å². The lowest BCUT2D eigenvalue weighted by Gasteiger charge is -2.43. The highest BCUT2D eigenvalue weighted by Crippen LogP contribution is 2.34. The van der Waals surface area contributed by atoms with Gasteiger partial charge in [0, 0.05) is 29.6 Å². The highest BCUT2D eigenvalue weighted by molar-refractivity contribution is 9.10. The van der Waals surface area contributed by atoms with Crippen molar-refractivity contribution < 1.29 is 13.9 Å². The second-order valence-corrected chi connectivity index (χ2v) is 8.36. The monoisotopic (exact) mass is 483 g/mol. The number of benzene rings is 1. The molecule has 1 saturated heterocycles. The molecule has 2 unspecified atom stereocenters. The molecule has 0 radical (unpaired) electrons. The first-order valence-corrected chi connectivity index (χ1v) is 10.1. The van der Waals surface area contributed by atoms with Gasteiger partial charge in [-0.1, -0.05) is 17.7 Å². The summed E-state index contributed by atoms with van der Waals surface area (Å²) >= 11 is 9.60. The van der Waals surface area contributed by atoms with Crippen molar-refractivity contribution in [2.45, 2.75) is 38.0 Å². The number of aromatic nitrogens is 3. The molecule has 1 aliphatic rings. The second-order valence-electron chi connectivity index (χ2n) is 7.13. The van der Waals surface area contributed by atoms with Gasteiger partial charge in [0.2, 0.25) is 0 Å². The minimum atomic E-state index is -2.85. The molecule has 2 aromatic heterocycles. The molecule has 3 N–H and O–H groups in total. The van der Waals surface area contributed by atoms with E-state index in [2.05, 4.69) is 41.5 Å². The summed E-state index contributed by atoms with van der Waals surface area (Å²) < 4.78 is 27.4. The van der Waals surface area contributed by atoms with E-state index in [1.807, 2.05) is 6.92 Å². The Kier molecular flexibility index (Phi) is 5.41. The molecule has 10 heteroatoms. The molecule has 2 atom stereocenters. The van der Waals surface area contributed by atoms with Gasteiger partial charge in [-0.05, 0) is 46.6 Å². The molecule has 0 aliphatic carbocycles. The van der Waals surface area contributed by atoms with Crippen LogP contribution in [0.5, 0.6) is 0 Å². The number of alkyl halides is 2. The van der Waals surface area contributed by atoms with E-state index in [1.165, 1.54) is 0 Å². The van der Waals surface area contributed by atoms with E-state index in [0.717, 1.165) is 0 Å². The molecule has 0 saturated carbocycles. The maximum absolute atomic E-state index is 13.4. The number of halogens is 4. The Labute approximate surface area is 178 Å². The number of anilines is 2.